The van der Waals surface area contributed by atoms with Crippen LogP contribution in [-0.4, -0.2) is 19.2 Å². The highest BCUT2D eigenvalue weighted by molar-refractivity contribution is 5.61. The van der Waals surface area contributed by atoms with Gasteiger partial charge >= 0.3 is 0 Å². The molecule has 21 heavy (non-hydrogen) atoms. The molecule has 0 bridgehead atoms. The van der Waals surface area contributed by atoms with E-state index >= 15 is 0 Å². The predicted octanol–water partition coefficient (Wildman–Crippen LogP) is 4.22. The lowest BCUT2D eigenvalue weighted by Crippen LogP contribution is -2.34. The van der Waals surface area contributed by atoms with E-state index in [1.54, 1.807) is 0 Å². The molecule has 0 radical (unpaired) electrons. The van der Waals surface area contributed by atoms with Crippen LogP contribution in [-0.2, 0) is 0 Å². The van der Waals surface area contributed by atoms with Gasteiger partial charge in [-0.1, -0.05) is 19.8 Å². The molecule has 1 aliphatic heterocycles. The molecule has 0 amide bonds. The summed E-state index contributed by atoms with van der Waals surface area (Å²) in [5.74, 6) is 1.80. The van der Waals surface area contributed by atoms with Crippen molar-refractivity contribution < 1.29 is 4.74 Å². The minimum atomic E-state index is 0.716. The lowest BCUT2D eigenvalue weighted by molar-refractivity contribution is 0.317. The molecule has 1 unspecified atom stereocenters. The average Bonchev–Trinajstić information content (AvgIpc) is 3.14. The van der Waals surface area contributed by atoms with Crippen LogP contribution in [0.15, 0.2) is 18.2 Å². The topological polar surface area (TPSA) is 38.5 Å². The van der Waals surface area contributed by atoms with Crippen molar-refractivity contribution in [1.29, 1.82) is 0 Å². The number of ether oxygens (including phenoxy) is 1. The summed E-state index contributed by atoms with van der Waals surface area (Å²) in [5, 5.41) is 0. The summed E-state index contributed by atoms with van der Waals surface area (Å²) < 4.78 is 5.79. The number of nitrogens with zero attached hydrogens (tertiary/aromatic N) is 1. The maximum absolute atomic E-state index is 6.09. The van der Waals surface area contributed by atoms with Crippen LogP contribution < -0.4 is 15.4 Å². The van der Waals surface area contributed by atoms with Crippen LogP contribution >= 0.6 is 0 Å². The fourth-order valence-corrected chi connectivity index (χ4v) is 4.02. The summed E-state index contributed by atoms with van der Waals surface area (Å²) >= 11 is 0. The number of benzene rings is 1. The van der Waals surface area contributed by atoms with E-state index in [1.165, 1.54) is 44.2 Å². The first-order chi connectivity index (χ1) is 10.3. The highest BCUT2D eigenvalue weighted by Crippen LogP contribution is 2.39. The van der Waals surface area contributed by atoms with Crippen molar-refractivity contribution in [2.75, 3.05) is 23.8 Å². The van der Waals surface area contributed by atoms with E-state index in [-0.39, 0.29) is 0 Å². The van der Waals surface area contributed by atoms with Crippen LogP contribution in [0.3, 0.4) is 0 Å². The molecule has 1 aliphatic carbocycles. The molecule has 0 aromatic heterocycles. The van der Waals surface area contributed by atoms with Crippen molar-refractivity contribution in [3.05, 3.63) is 18.2 Å². The van der Waals surface area contributed by atoms with Crippen LogP contribution in [0.4, 0.5) is 11.4 Å². The van der Waals surface area contributed by atoms with E-state index in [4.69, 9.17) is 10.5 Å². The van der Waals surface area contributed by atoms with Gasteiger partial charge in [0.2, 0.25) is 0 Å². The van der Waals surface area contributed by atoms with E-state index in [0.717, 1.165) is 36.9 Å². The first-order valence-electron chi connectivity index (χ1n) is 8.58. The third-order valence-corrected chi connectivity index (χ3v) is 4.96. The molecule has 116 valence electrons. The van der Waals surface area contributed by atoms with Crippen LogP contribution in [0.2, 0.25) is 0 Å². The molecule has 3 heteroatoms. The Morgan fingerprint density at radius 1 is 1.14 bits per heavy atom. The van der Waals surface area contributed by atoms with Crippen LogP contribution in [0.25, 0.3) is 0 Å². The molecule has 2 aliphatic rings. The van der Waals surface area contributed by atoms with Crippen molar-refractivity contribution in [1.82, 2.24) is 0 Å². The fraction of sp³-hybridized carbons (Fsp3) is 0.667. The molecule has 3 nitrogen and oxygen atoms in total. The van der Waals surface area contributed by atoms with Gasteiger partial charge in [0.05, 0.1) is 6.61 Å². The molecule has 1 aromatic carbocycles. The first-order valence-corrected chi connectivity index (χ1v) is 8.58. The Labute approximate surface area is 128 Å². The third kappa shape index (κ3) is 3.28. The summed E-state index contributed by atoms with van der Waals surface area (Å²) in [5.41, 5.74) is 8.17. The van der Waals surface area contributed by atoms with Crippen molar-refractivity contribution in [2.45, 2.75) is 57.9 Å². The Hall–Kier alpha value is -1.38. The fourth-order valence-electron chi connectivity index (χ4n) is 4.02. The van der Waals surface area contributed by atoms with E-state index in [2.05, 4.69) is 24.0 Å². The Morgan fingerprint density at radius 3 is 2.71 bits per heavy atom. The largest absolute Gasteiger partial charge is 0.493 e. The summed E-state index contributed by atoms with van der Waals surface area (Å²) in [6.45, 7) is 4.05. The molecule has 0 spiro atoms. The number of anilines is 2. The number of hydrogen-bond acceptors (Lipinski definition) is 3. The summed E-state index contributed by atoms with van der Waals surface area (Å²) in [4.78, 5) is 2.59. The van der Waals surface area contributed by atoms with Gasteiger partial charge in [0.15, 0.2) is 0 Å². The maximum atomic E-state index is 6.09. The maximum Gasteiger partial charge on any atom is 0.123 e. The second kappa shape index (κ2) is 6.59. The van der Waals surface area contributed by atoms with E-state index in [0.29, 0.717) is 6.04 Å². The number of rotatable bonds is 5. The van der Waals surface area contributed by atoms with Gasteiger partial charge in [0.25, 0.3) is 0 Å². The Kier molecular flexibility index (Phi) is 4.57. The highest BCUT2D eigenvalue weighted by atomic mass is 16.5. The Bertz CT molecular complexity index is 468. The highest BCUT2D eigenvalue weighted by Gasteiger charge is 2.33. The van der Waals surface area contributed by atoms with Crippen LogP contribution in [0.1, 0.15) is 51.9 Å². The molecule has 1 heterocycles. The molecule has 3 rings (SSSR count). The SMILES string of the molecule is CCCOc1cc(N)cc(N2CCCC2C2CCCC2)c1. The van der Waals surface area contributed by atoms with Gasteiger partial charge in [-0.25, -0.2) is 0 Å². The molecular weight excluding hydrogens is 260 g/mol. The zero-order valence-electron chi connectivity index (χ0n) is 13.2. The lowest BCUT2D eigenvalue weighted by Gasteiger charge is -2.31. The molecule has 1 saturated carbocycles. The summed E-state index contributed by atoms with van der Waals surface area (Å²) in [6.07, 6.45) is 9.31. The second-order valence-electron chi connectivity index (χ2n) is 6.56. The zero-order chi connectivity index (χ0) is 14.7. The molecular formula is C18H28N2O. The Morgan fingerprint density at radius 2 is 1.95 bits per heavy atom. The van der Waals surface area contributed by atoms with Crippen molar-refractivity contribution >= 4 is 11.4 Å². The molecule has 2 fully saturated rings. The van der Waals surface area contributed by atoms with E-state index < -0.39 is 0 Å². The van der Waals surface area contributed by atoms with Gasteiger partial charge in [-0.05, 0) is 44.1 Å². The third-order valence-electron chi connectivity index (χ3n) is 4.96. The second-order valence-corrected chi connectivity index (χ2v) is 6.56. The van der Waals surface area contributed by atoms with Crippen LogP contribution in [0, 0.1) is 5.92 Å². The number of hydrogen-bond donors (Lipinski definition) is 1. The van der Waals surface area contributed by atoms with Crippen molar-refractivity contribution in [3.8, 4) is 5.75 Å². The average molecular weight is 288 g/mol. The minimum Gasteiger partial charge on any atom is -0.493 e. The zero-order valence-corrected chi connectivity index (χ0v) is 13.2. The van der Waals surface area contributed by atoms with E-state index in [1.807, 2.05) is 6.07 Å². The van der Waals surface area contributed by atoms with Gasteiger partial charge in [-0.15, -0.1) is 0 Å². The van der Waals surface area contributed by atoms with Crippen molar-refractivity contribution in [2.24, 2.45) is 5.92 Å². The number of nitrogen functional groups attached to an aromatic ring is 1. The minimum absolute atomic E-state index is 0.716. The first kappa shape index (κ1) is 14.6. The normalized spacial score (nSPS) is 22.9. The van der Waals surface area contributed by atoms with Gasteiger partial charge in [0, 0.05) is 36.1 Å². The Balaban J connectivity index is 1.79. The summed E-state index contributed by atoms with van der Waals surface area (Å²) in [6, 6.07) is 6.96. The van der Waals surface area contributed by atoms with Gasteiger partial charge < -0.3 is 15.4 Å². The summed E-state index contributed by atoms with van der Waals surface area (Å²) in [7, 11) is 0. The monoisotopic (exact) mass is 288 g/mol. The van der Waals surface area contributed by atoms with E-state index in [9.17, 15) is 0 Å². The smallest absolute Gasteiger partial charge is 0.123 e. The standard InChI is InChI=1S/C18H28N2O/c1-2-10-21-17-12-15(19)11-16(13-17)20-9-5-8-18(20)14-6-3-4-7-14/h11-14,18H,2-10,19H2,1H3. The molecule has 1 saturated heterocycles. The molecule has 1 aromatic rings. The van der Waals surface area contributed by atoms with Crippen molar-refractivity contribution in [3.63, 3.8) is 0 Å². The van der Waals surface area contributed by atoms with Gasteiger partial charge in [0.1, 0.15) is 5.75 Å². The lowest BCUT2D eigenvalue weighted by atomic mass is 9.95. The van der Waals surface area contributed by atoms with Gasteiger partial charge in [-0.3, -0.25) is 0 Å². The predicted molar refractivity (Wildman–Crippen MR) is 89.0 cm³/mol. The molecule has 2 N–H and O–H groups in total. The quantitative estimate of drug-likeness (QED) is 0.825. The van der Waals surface area contributed by atoms with Gasteiger partial charge in [-0.2, -0.15) is 0 Å². The number of nitrogens with two attached hydrogens (primary N) is 1. The van der Waals surface area contributed by atoms with Crippen LogP contribution in [0.5, 0.6) is 5.75 Å². The molecule has 1 atom stereocenters.